The van der Waals surface area contributed by atoms with Gasteiger partial charge in [-0.05, 0) is 33.7 Å². The lowest BCUT2D eigenvalue weighted by Crippen LogP contribution is -2.13. The van der Waals surface area contributed by atoms with Gasteiger partial charge in [0.2, 0.25) is 0 Å². The molecule has 0 unspecified atom stereocenters. The van der Waals surface area contributed by atoms with Gasteiger partial charge in [-0.2, -0.15) is 9.61 Å². The quantitative estimate of drug-likeness (QED) is 0.711. The molecule has 23 heavy (non-hydrogen) atoms. The molecule has 0 spiro atoms. The van der Waals surface area contributed by atoms with E-state index in [4.69, 9.17) is 10.8 Å². The first-order valence-corrected chi connectivity index (χ1v) is 7.98. The van der Waals surface area contributed by atoms with Crippen LogP contribution in [0.5, 0.6) is 0 Å². The van der Waals surface area contributed by atoms with Gasteiger partial charge >= 0.3 is 0 Å². The summed E-state index contributed by atoms with van der Waals surface area (Å²) in [6, 6.07) is 10.4. The highest BCUT2D eigenvalue weighted by Gasteiger charge is 2.13. The molecular weight excluding hydrogens is 286 g/mol. The van der Waals surface area contributed by atoms with Gasteiger partial charge < -0.3 is 11.1 Å². The van der Waals surface area contributed by atoms with Gasteiger partial charge in [0.05, 0.1) is 5.69 Å². The molecule has 0 bridgehead atoms. The molecule has 0 amide bonds. The second-order valence-electron chi connectivity index (χ2n) is 5.91. The molecule has 0 aliphatic rings. The third-order valence-corrected chi connectivity index (χ3v) is 4.10. The Balaban J connectivity index is 2.07. The Bertz CT molecular complexity index is 818. The summed E-state index contributed by atoms with van der Waals surface area (Å²) in [5.74, 6) is 0.999. The zero-order valence-electron chi connectivity index (χ0n) is 13.9. The second-order valence-corrected chi connectivity index (χ2v) is 5.91. The third-order valence-electron chi connectivity index (χ3n) is 4.10. The average molecular weight is 309 g/mol. The van der Waals surface area contributed by atoms with E-state index in [0.717, 1.165) is 46.9 Å². The van der Waals surface area contributed by atoms with Gasteiger partial charge in [0.25, 0.3) is 0 Å². The number of nitrogens with one attached hydrogen (secondary N) is 1. The molecule has 120 valence electrons. The zero-order chi connectivity index (χ0) is 16.4. The van der Waals surface area contributed by atoms with E-state index in [2.05, 4.69) is 48.4 Å². The molecule has 3 N–H and O–H groups in total. The largest absolute Gasteiger partial charge is 0.370 e. The van der Waals surface area contributed by atoms with Crippen molar-refractivity contribution in [2.24, 2.45) is 5.73 Å². The molecule has 0 atom stereocenters. The highest BCUT2D eigenvalue weighted by molar-refractivity contribution is 5.67. The molecule has 3 rings (SSSR count). The molecule has 0 radical (unpaired) electrons. The van der Waals surface area contributed by atoms with E-state index in [0.29, 0.717) is 6.54 Å². The first-order chi connectivity index (χ1) is 11.1. The van der Waals surface area contributed by atoms with Gasteiger partial charge in [0.1, 0.15) is 5.82 Å². The fourth-order valence-corrected chi connectivity index (χ4v) is 2.58. The summed E-state index contributed by atoms with van der Waals surface area (Å²) in [6.07, 6.45) is 0.925. The standard InChI is InChI=1S/C18H23N5/c1-12-5-7-15(8-6-12)16-11-17-21-14(3)13(2)18(23(17)22-16)20-10-4-9-19/h5-8,11,20H,4,9-10,19H2,1-3H3. The van der Waals surface area contributed by atoms with Crippen LogP contribution in [0.25, 0.3) is 16.9 Å². The summed E-state index contributed by atoms with van der Waals surface area (Å²) in [7, 11) is 0. The van der Waals surface area contributed by atoms with E-state index in [1.54, 1.807) is 0 Å². The number of nitrogens with two attached hydrogens (primary N) is 1. The fraction of sp³-hybridized carbons (Fsp3) is 0.333. The zero-order valence-corrected chi connectivity index (χ0v) is 13.9. The Morgan fingerprint density at radius 1 is 1.13 bits per heavy atom. The maximum atomic E-state index is 5.59. The fourth-order valence-electron chi connectivity index (χ4n) is 2.58. The Morgan fingerprint density at radius 2 is 1.87 bits per heavy atom. The van der Waals surface area contributed by atoms with Crippen LogP contribution < -0.4 is 11.1 Å². The van der Waals surface area contributed by atoms with Crippen LogP contribution in [-0.4, -0.2) is 27.7 Å². The van der Waals surface area contributed by atoms with Crippen molar-refractivity contribution in [3.05, 3.63) is 47.2 Å². The molecule has 2 heterocycles. The molecule has 5 heteroatoms. The normalized spacial score (nSPS) is 11.1. The van der Waals surface area contributed by atoms with Crippen molar-refractivity contribution in [1.29, 1.82) is 0 Å². The first kappa shape index (κ1) is 15.5. The van der Waals surface area contributed by atoms with Crippen LogP contribution in [0.1, 0.15) is 23.2 Å². The third kappa shape index (κ3) is 3.05. The molecule has 0 saturated carbocycles. The van der Waals surface area contributed by atoms with Gasteiger partial charge in [-0.1, -0.05) is 29.8 Å². The Labute approximate surface area is 136 Å². The van der Waals surface area contributed by atoms with Gasteiger partial charge in [-0.25, -0.2) is 4.98 Å². The monoisotopic (exact) mass is 309 g/mol. The van der Waals surface area contributed by atoms with Crippen molar-refractivity contribution in [3.8, 4) is 11.3 Å². The number of hydrogen-bond acceptors (Lipinski definition) is 4. The Hall–Kier alpha value is -2.40. The van der Waals surface area contributed by atoms with E-state index in [9.17, 15) is 0 Å². The van der Waals surface area contributed by atoms with E-state index in [1.165, 1.54) is 5.56 Å². The number of benzene rings is 1. The second kappa shape index (κ2) is 6.38. The maximum Gasteiger partial charge on any atom is 0.158 e. The predicted octanol–water partition coefficient (Wildman–Crippen LogP) is 3.08. The first-order valence-electron chi connectivity index (χ1n) is 7.98. The van der Waals surface area contributed by atoms with Crippen molar-refractivity contribution in [1.82, 2.24) is 14.6 Å². The van der Waals surface area contributed by atoms with Crippen LogP contribution in [-0.2, 0) is 0 Å². The highest BCUT2D eigenvalue weighted by atomic mass is 15.3. The number of fused-ring (bicyclic) bond motifs is 1. The molecule has 0 saturated heterocycles. The summed E-state index contributed by atoms with van der Waals surface area (Å²) in [5, 5.41) is 8.21. The molecule has 3 aromatic rings. The van der Waals surface area contributed by atoms with Crippen molar-refractivity contribution in [3.63, 3.8) is 0 Å². The van der Waals surface area contributed by atoms with E-state index in [-0.39, 0.29) is 0 Å². The molecule has 2 aromatic heterocycles. The number of anilines is 1. The van der Waals surface area contributed by atoms with Crippen molar-refractivity contribution in [2.75, 3.05) is 18.4 Å². The molecule has 0 aliphatic carbocycles. The smallest absolute Gasteiger partial charge is 0.158 e. The average Bonchev–Trinajstić information content (AvgIpc) is 2.95. The summed E-state index contributed by atoms with van der Waals surface area (Å²) >= 11 is 0. The van der Waals surface area contributed by atoms with Crippen LogP contribution in [0.3, 0.4) is 0 Å². The van der Waals surface area contributed by atoms with Gasteiger partial charge in [-0.15, -0.1) is 0 Å². The number of hydrogen-bond donors (Lipinski definition) is 2. The lowest BCUT2D eigenvalue weighted by Gasteiger charge is -2.12. The van der Waals surface area contributed by atoms with Gasteiger partial charge in [0.15, 0.2) is 5.65 Å². The van der Waals surface area contributed by atoms with Gasteiger partial charge in [0, 0.05) is 29.4 Å². The maximum absolute atomic E-state index is 5.59. The van der Waals surface area contributed by atoms with Crippen molar-refractivity contribution < 1.29 is 0 Å². The molecule has 5 nitrogen and oxygen atoms in total. The summed E-state index contributed by atoms with van der Waals surface area (Å²) in [6.45, 7) is 7.69. The van der Waals surface area contributed by atoms with E-state index < -0.39 is 0 Å². The molecular formula is C18H23N5. The van der Waals surface area contributed by atoms with Crippen molar-refractivity contribution in [2.45, 2.75) is 27.2 Å². The van der Waals surface area contributed by atoms with Crippen LogP contribution in [0, 0.1) is 20.8 Å². The Kier molecular flexibility index (Phi) is 4.30. The van der Waals surface area contributed by atoms with Crippen LogP contribution in [0.15, 0.2) is 30.3 Å². The summed E-state index contributed by atoms with van der Waals surface area (Å²) < 4.78 is 1.90. The predicted molar refractivity (Wildman–Crippen MR) is 94.8 cm³/mol. The number of nitrogens with zero attached hydrogens (tertiary/aromatic N) is 3. The minimum absolute atomic E-state index is 0.674. The highest BCUT2D eigenvalue weighted by Crippen LogP contribution is 2.24. The van der Waals surface area contributed by atoms with E-state index in [1.807, 2.05) is 17.5 Å². The van der Waals surface area contributed by atoms with Crippen LogP contribution in [0.2, 0.25) is 0 Å². The minimum Gasteiger partial charge on any atom is -0.370 e. The van der Waals surface area contributed by atoms with Crippen LogP contribution in [0.4, 0.5) is 5.82 Å². The molecule has 1 aromatic carbocycles. The summed E-state index contributed by atoms with van der Waals surface area (Å²) in [4.78, 5) is 4.66. The minimum atomic E-state index is 0.674. The number of rotatable bonds is 5. The van der Waals surface area contributed by atoms with Crippen molar-refractivity contribution >= 4 is 11.5 Å². The number of aryl methyl sites for hydroxylation is 2. The molecule has 0 fully saturated rings. The lowest BCUT2D eigenvalue weighted by molar-refractivity contribution is 0.846. The van der Waals surface area contributed by atoms with Gasteiger partial charge in [-0.3, -0.25) is 0 Å². The Morgan fingerprint density at radius 3 is 2.57 bits per heavy atom. The SMILES string of the molecule is Cc1ccc(-c2cc3nc(C)c(C)c(NCCCN)n3n2)cc1. The summed E-state index contributed by atoms with van der Waals surface area (Å²) in [5.41, 5.74) is 11.9. The van der Waals surface area contributed by atoms with E-state index >= 15 is 0 Å². The topological polar surface area (TPSA) is 68.2 Å². The number of aromatic nitrogens is 3. The van der Waals surface area contributed by atoms with Crippen LogP contribution >= 0.6 is 0 Å². The lowest BCUT2D eigenvalue weighted by atomic mass is 10.1. The molecule has 0 aliphatic heterocycles.